The van der Waals surface area contributed by atoms with E-state index in [9.17, 15) is 0 Å². The van der Waals surface area contributed by atoms with Gasteiger partial charge in [0.2, 0.25) is 0 Å². The van der Waals surface area contributed by atoms with Crippen molar-refractivity contribution < 1.29 is 0 Å². The van der Waals surface area contributed by atoms with Gasteiger partial charge in [0.05, 0.1) is 11.9 Å². The minimum absolute atomic E-state index is 0.392. The zero-order valence-electron chi connectivity index (χ0n) is 8.37. The van der Waals surface area contributed by atoms with Gasteiger partial charge in [-0.15, -0.1) is 11.3 Å². The molecule has 5 nitrogen and oxygen atoms in total. The van der Waals surface area contributed by atoms with Crippen LogP contribution in [0.4, 0.5) is 0 Å². The van der Waals surface area contributed by atoms with E-state index in [0.717, 1.165) is 21.9 Å². The molecule has 80 valence electrons. The highest BCUT2D eigenvalue weighted by Crippen LogP contribution is 2.23. The predicted molar refractivity (Wildman–Crippen MR) is 62.4 cm³/mol. The molecule has 0 amide bonds. The molecule has 0 aromatic carbocycles. The standard InChI is InChI=1S/C10H9N5S/c11-5-8-12-2-3-15(8)9-7-1-4-16-10(7)14-6-13-9/h1-4,6H,5,11H2. The third-order valence-corrected chi connectivity index (χ3v) is 3.19. The van der Waals surface area contributed by atoms with E-state index in [4.69, 9.17) is 5.73 Å². The average molecular weight is 231 g/mol. The molecule has 0 unspecified atom stereocenters. The Morgan fingerprint density at radius 3 is 3.12 bits per heavy atom. The van der Waals surface area contributed by atoms with Gasteiger partial charge in [0, 0.05) is 12.4 Å². The topological polar surface area (TPSA) is 69.6 Å². The Balaban J connectivity index is 2.29. The lowest BCUT2D eigenvalue weighted by molar-refractivity contribution is 0.851. The second kappa shape index (κ2) is 3.66. The fraction of sp³-hybridized carbons (Fsp3) is 0.100. The monoisotopic (exact) mass is 231 g/mol. The molecule has 3 aromatic heterocycles. The smallest absolute Gasteiger partial charge is 0.150 e. The Kier molecular flexibility index (Phi) is 2.16. The number of hydrogen-bond acceptors (Lipinski definition) is 5. The van der Waals surface area contributed by atoms with Crippen LogP contribution < -0.4 is 5.73 Å². The Morgan fingerprint density at radius 2 is 2.25 bits per heavy atom. The van der Waals surface area contributed by atoms with Crippen LogP contribution in [0.25, 0.3) is 16.0 Å². The number of nitrogens with two attached hydrogens (primary N) is 1. The Morgan fingerprint density at radius 1 is 1.31 bits per heavy atom. The molecule has 16 heavy (non-hydrogen) atoms. The van der Waals surface area contributed by atoms with Crippen molar-refractivity contribution in [2.45, 2.75) is 6.54 Å². The summed E-state index contributed by atoms with van der Waals surface area (Å²) in [5.74, 6) is 1.63. The molecule has 0 bridgehead atoms. The normalized spacial score (nSPS) is 11.1. The van der Waals surface area contributed by atoms with Crippen molar-refractivity contribution in [2.24, 2.45) is 5.73 Å². The van der Waals surface area contributed by atoms with Crippen molar-refractivity contribution in [1.29, 1.82) is 0 Å². The Hall–Kier alpha value is -1.79. The number of aromatic nitrogens is 4. The maximum atomic E-state index is 5.63. The lowest BCUT2D eigenvalue weighted by atomic mass is 10.4. The van der Waals surface area contributed by atoms with E-state index in [1.54, 1.807) is 23.9 Å². The first-order valence-corrected chi connectivity index (χ1v) is 5.69. The second-order valence-electron chi connectivity index (χ2n) is 3.25. The van der Waals surface area contributed by atoms with Gasteiger partial charge >= 0.3 is 0 Å². The molecule has 0 saturated heterocycles. The van der Waals surface area contributed by atoms with Crippen molar-refractivity contribution >= 4 is 21.6 Å². The largest absolute Gasteiger partial charge is 0.324 e. The van der Waals surface area contributed by atoms with E-state index in [1.807, 2.05) is 22.2 Å². The molecule has 0 atom stereocenters. The van der Waals surface area contributed by atoms with E-state index in [1.165, 1.54) is 0 Å². The van der Waals surface area contributed by atoms with Crippen molar-refractivity contribution in [1.82, 2.24) is 19.5 Å². The van der Waals surface area contributed by atoms with Gasteiger partial charge in [-0.05, 0) is 11.4 Å². The number of rotatable bonds is 2. The van der Waals surface area contributed by atoms with Gasteiger partial charge in [-0.3, -0.25) is 4.57 Å². The van der Waals surface area contributed by atoms with Crippen LogP contribution in [-0.2, 0) is 6.54 Å². The zero-order chi connectivity index (χ0) is 11.0. The number of fused-ring (bicyclic) bond motifs is 1. The number of hydrogen-bond donors (Lipinski definition) is 1. The highest BCUT2D eigenvalue weighted by molar-refractivity contribution is 7.16. The maximum Gasteiger partial charge on any atom is 0.150 e. The molecule has 3 aromatic rings. The highest BCUT2D eigenvalue weighted by atomic mass is 32.1. The van der Waals surface area contributed by atoms with Crippen LogP contribution in [0.15, 0.2) is 30.2 Å². The Bertz CT molecular complexity index is 627. The number of nitrogens with zero attached hydrogens (tertiary/aromatic N) is 4. The van der Waals surface area contributed by atoms with Crippen LogP contribution in [0.5, 0.6) is 0 Å². The summed E-state index contributed by atoms with van der Waals surface area (Å²) in [5.41, 5.74) is 5.63. The van der Waals surface area contributed by atoms with E-state index in [2.05, 4.69) is 15.0 Å². The molecular formula is C10H9N5S. The van der Waals surface area contributed by atoms with E-state index in [0.29, 0.717) is 6.54 Å². The average Bonchev–Trinajstić information content (AvgIpc) is 2.96. The molecule has 0 spiro atoms. The molecule has 2 N–H and O–H groups in total. The lowest BCUT2D eigenvalue weighted by Crippen LogP contribution is -2.07. The van der Waals surface area contributed by atoms with Gasteiger partial charge in [0.25, 0.3) is 0 Å². The third kappa shape index (κ3) is 1.31. The summed E-state index contributed by atoms with van der Waals surface area (Å²) < 4.78 is 1.90. The number of imidazole rings is 1. The minimum Gasteiger partial charge on any atom is -0.324 e. The summed E-state index contributed by atoms with van der Waals surface area (Å²) in [5, 5.41) is 3.03. The fourth-order valence-corrected chi connectivity index (χ4v) is 2.37. The molecule has 0 aliphatic carbocycles. The summed E-state index contributed by atoms with van der Waals surface area (Å²) in [4.78, 5) is 13.7. The van der Waals surface area contributed by atoms with Crippen LogP contribution in [0.3, 0.4) is 0 Å². The van der Waals surface area contributed by atoms with Crippen molar-refractivity contribution in [3.63, 3.8) is 0 Å². The van der Waals surface area contributed by atoms with Gasteiger partial charge in [0.15, 0.2) is 0 Å². The molecule has 0 aliphatic rings. The van der Waals surface area contributed by atoms with Crippen molar-refractivity contribution in [2.75, 3.05) is 0 Å². The first kappa shape index (κ1) is 9.44. The second-order valence-corrected chi connectivity index (χ2v) is 4.15. The van der Waals surface area contributed by atoms with E-state index >= 15 is 0 Å². The Labute approximate surface area is 95.6 Å². The van der Waals surface area contributed by atoms with Gasteiger partial charge in [-0.2, -0.15) is 0 Å². The summed E-state index contributed by atoms with van der Waals surface area (Å²) in [6.45, 7) is 0.392. The van der Waals surface area contributed by atoms with Gasteiger partial charge in [0.1, 0.15) is 22.8 Å². The first-order valence-electron chi connectivity index (χ1n) is 4.81. The number of thiophene rings is 1. The molecular weight excluding hydrogens is 222 g/mol. The molecule has 0 fully saturated rings. The molecule has 3 rings (SSSR count). The quantitative estimate of drug-likeness (QED) is 0.722. The summed E-state index contributed by atoms with van der Waals surface area (Å²) in [6, 6.07) is 2.01. The zero-order valence-corrected chi connectivity index (χ0v) is 9.18. The molecule has 3 heterocycles. The molecule has 6 heteroatoms. The van der Waals surface area contributed by atoms with Gasteiger partial charge in [-0.1, -0.05) is 0 Å². The summed E-state index contributed by atoms with van der Waals surface area (Å²) in [6.07, 6.45) is 5.15. The molecule has 0 aliphatic heterocycles. The van der Waals surface area contributed by atoms with Crippen LogP contribution >= 0.6 is 11.3 Å². The van der Waals surface area contributed by atoms with E-state index < -0.39 is 0 Å². The lowest BCUT2D eigenvalue weighted by Gasteiger charge is -2.05. The molecule has 0 saturated carbocycles. The third-order valence-electron chi connectivity index (χ3n) is 2.37. The van der Waals surface area contributed by atoms with Crippen LogP contribution in [0.1, 0.15) is 5.82 Å². The van der Waals surface area contributed by atoms with Crippen molar-refractivity contribution in [3.8, 4) is 5.82 Å². The summed E-state index contributed by atoms with van der Waals surface area (Å²) in [7, 11) is 0. The predicted octanol–water partition coefficient (Wildman–Crippen LogP) is 1.34. The fourth-order valence-electron chi connectivity index (χ4n) is 1.65. The van der Waals surface area contributed by atoms with E-state index in [-0.39, 0.29) is 0 Å². The minimum atomic E-state index is 0.392. The van der Waals surface area contributed by atoms with Gasteiger partial charge < -0.3 is 5.73 Å². The highest BCUT2D eigenvalue weighted by Gasteiger charge is 2.09. The van der Waals surface area contributed by atoms with Crippen LogP contribution in [-0.4, -0.2) is 19.5 Å². The van der Waals surface area contributed by atoms with Gasteiger partial charge in [-0.25, -0.2) is 15.0 Å². The first-order chi connectivity index (χ1) is 7.90. The SMILES string of the molecule is NCc1nccn1-c1ncnc2sccc12. The van der Waals surface area contributed by atoms with Crippen LogP contribution in [0.2, 0.25) is 0 Å². The maximum absolute atomic E-state index is 5.63. The summed E-state index contributed by atoms with van der Waals surface area (Å²) >= 11 is 1.60. The van der Waals surface area contributed by atoms with Crippen LogP contribution in [0, 0.1) is 0 Å². The van der Waals surface area contributed by atoms with Crippen molar-refractivity contribution in [3.05, 3.63) is 36.0 Å². The molecule has 0 radical (unpaired) electrons.